The van der Waals surface area contributed by atoms with E-state index in [1.165, 1.54) is 5.56 Å². The molecule has 0 bridgehead atoms. The van der Waals surface area contributed by atoms with Crippen LogP contribution in [0.25, 0.3) is 0 Å². The molecular formula is C19H24N2O2. The molecule has 0 saturated carbocycles. The number of carbonyl (C=O) groups is 1. The minimum absolute atomic E-state index is 0.132. The summed E-state index contributed by atoms with van der Waals surface area (Å²) in [5.74, 6) is 0.626. The second kappa shape index (κ2) is 7.27. The van der Waals surface area contributed by atoms with E-state index in [0.717, 1.165) is 11.4 Å². The van der Waals surface area contributed by atoms with Crippen molar-refractivity contribution in [3.8, 4) is 5.75 Å². The Balaban J connectivity index is 1.78. The molecule has 0 aliphatic heterocycles. The number of rotatable bonds is 5. The van der Waals surface area contributed by atoms with Crippen molar-refractivity contribution >= 4 is 5.91 Å². The summed E-state index contributed by atoms with van der Waals surface area (Å²) in [7, 11) is 0. The highest BCUT2D eigenvalue weighted by Crippen LogP contribution is 2.24. The first-order chi connectivity index (χ1) is 10.9. The van der Waals surface area contributed by atoms with Gasteiger partial charge in [0.15, 0.2) is 0 Å². The van der Waals surface area contributed by atoms with E-state index in [9.17, 15) is 4.79 Å². The normalized spacial score (nSPS) is 11.1. The zero-order chi connectivity index (χ0) is 16.9. The Morgan fingerprint density at radius 3 is 2.43 bits per heavy atom. The largest absolute Gasteiger partial charge is 0.492 e. The summed E-state index contributed by atoms with van der Waals surface area (Å²) < 4.78 is 5.65. The van der Waals surface area contributed by atoms with Gasteiger partial charge in [0.2, 0.25) is 0 Å². The predicted octanol–water partition coefficient (Wildman–Crippen LogP) is 3.50. The molecule has 0 atom stereocenters. The van der Waals surface area contributed by atoms with Crippen LogP contribution in [0, 0.1) is 6.92 Å². The summed E-state index contributed by atoms with van der Waals surface area (Å²) in [5, 5.41) is 2.81. The van der Waals surface area contributed by atoms with Gasteiger partial charge < -0.3 is 10.1 Å². The summed E-state index contributed by atoms with van der Waals surface area (Å²) in [6.07, 6.45) is 0. The molecule has 0 spiro atoms. The number of ether oxygens (including phenoxy) is 1. The molecule has 0 aliphatic rings. The number of benzene rings is 1. The molecule has 1 aromatic heterocycles. The first-order valence-electron chi connectivity index (χ1n) is 7.81. The Morgan fingerprint density at radius 1 is 1.13 bits per heavy atom. The molecule has 23 heavy (non-hydrogen) atoms. The fourth-order valence-corrected chi connectivity index (χ4v) is 2.14. The molecule has 0 aliphatic carbocycles. The van der Waals surface area contributed by atoms with Crippen LogP contribution in [0.5, 0.6) is 5.75 Å². The Hall–Kier alpha value is -2.36. The summed E-state index contributed by atoms with van der Waals surface area (Å²) in [4.78, 5) is 16.1. The molecule has 0 fully saturated rings. The molecule has 1 aromatic carbocycles. The van der Waals surface area contributed by atoms with Crippen LogP contribution in [0.3, 0.4) is 0 Å². The van der Waals surface area contributed by atoms with E-state index in [1.54, 1.807) is 6.07 Å². The third kappa shape index (κ3) is 5.09. The van der Waals surface area contributed by atoms with E-state index in [-0.39, 0.29) is 11.3 Å². The second-order valence-electron chi connectivity index (χ2n) is 6.54. The second-order valence-corrected chi connectivity index (χ2v) is 6.54. The maximum atomic E-state index is 11.9. The van der Waals surface area contributed by atoms with Crippen LogP contribution < -0.4 is 10.1 Å². The lowest BCUT2D eigenvalue weighted by Gasteiger charge is -2.19. The van der Waals surface area contributed by atoms with E-state index in [0.29, 0.717) is 18.8 Å². The monoisotopic (exact) mass is 312 g/mol. The molecule has 1 amide bonds. The van der Waals surface area contributed by atoms with Gasteiger partial charge in [-0.1, -0.05) is 39.0 Å². The number of aromatic nitrogens is 1. The molecule has 4 heteroatoms. The SMILES string of the molecule is Cc1cccc(C(=O)NCCOc2ccc(C(C)(C)C)cc2)n1. The molecule has 1 heterocycles. The van der Waals surface area contributed by atoms with Crippen molar-refractivity contribution in [3.05, 3.63) is 59.4 Å². The number of aryl methyl sites for hydroxylation is 1. The summed E-state index contributed by atoms with van der Waals surface area (Å²) in [6, 6.07) is 13.5. The number of hydrogen-bond acceptors (Lipinski definition) is 3. The number of amides is 1. The molecule has 2 aromatic rings. The average molecular weight is 312 g/mol. The zero-order valence-corrected chi connectivity index (χ0v) is 14.2. The Kier molecular flexibility index (Phi) is 5.37. The number of carbonyl (C=O) groups excluding carboxylic acids is 1. The van der Waals surface area contributed by atoms with Gasteiger partial charge in [0.05, 0.1) is 6.54 Å². The van der Waals surface area contributed by atoms with Gasteiger partial charge >= 0.3 is 0 Å². The summed E-state index contributed by atoms with van der Waals surface area (Å²) in [6.45, 7) is 9.26. The molecule has 1 N–H and O–H groups in total. The maximum Gasteiger partial charge on any atom is 0.270 e. The van der Waals surface area contributed by atoms with Gasteiger partial charge in [0.25, 0.3) is 5.91 Å². The van der Waals surface area contributed by atoms with Crippen LogP contribution in [0.4, 0.5) is 0 Å². The number of pyridine rings is 1. The molecule has 0 radical (unpaired) electrons. The molecule has 122 valence electrons. The van der Waals surface area contributed by atoms with Crippen molar-refractivity contribution in [2.75, 3.05) is 13.2 Å². The van der Waals surface area contributed by atoms with E-state index in [1.807, 2.05) is 31.2 Å². The first-order valence-corrected chi connectivity index (χ1v) is 7.81. The topological polar surface area (TPSA) is 51.2 Å². The Bertz CT molecular complexity index is 658. The minimum Gasteiger partial charge on any atom is -0.492 e. The third-order valence-corrected chi connectivity index (χ3v) is 3.50. The van der Waals surface area contributed by atoms with Crippen LogP contribution in [0.2, 0.25) is 0 Å². The highest BCUT2D eigenvalue weighted by molar-refractivity contribution is 5.92. The molecule has 2 rings (SSSR count). The van der Waals surface area contributed by atoms with Crippen LogP contribution in [0.15, 0.2) is 42.5 Å². The van der Waals surface area contributed by atoms with E-state index in [4.69, 9.17) is 4.74 Å². The van der Waals surface area contributed by atoms with Crippen LogP contribution in [0.1, 0.15) is 42.5 Å². The Labute approximate surface area is 137 Å². The summed E-state index contributed by atoms with van der Waals surface area (Å²) >= 11 is 0. The number of nitrogens with one attached hydrogen (secondary N) is 1. The predicted molar refractivity (Wildman–Crippen MR) is 91.9 cm³/mol. The zero-order valence-electron chi connectivity index (χ0n) is 14.2. The van der Waals surface area contributed by atoms with E-state index < -0.39 is 0 Å². The van der Waals surface area contributed by atoms with Gasteiger partial charge in [-0.25, -0.2) is 4.98 Å². The van der Waals surface area contributed by atoms with Gasteiger partial charge in [-0.3, -0.25) is 4.79 Å². The average Bonchev–Trinajstić information content (AvgIpc) is 2.51. The van der Waals surface area contributed by atoms with Crippen LogP contribution in [-0.2, 0) is 5.41 Å². The standard InChI is InChI=1S/C19H24N2O2/c1-14-6-5-7-17(21-14)18(22)20-12-13-23-16-10-8-15(9-11-16)19(2,3)4/h5-11H,12-13H2,1-4H3,(H,20,22). The quantitative estimate of drug-likeness (QED) is 0.860. The molecule has 4 nitrogen and oxygen atoms in total. The first kappa shape index (κ1) is 17.0. The van der Waals surface area contributed by atoms with Gasteiger partial charge in [0, 0.05) is 5.69 Å². The van der Waals surface area contributed by atoms with Crippen LogP contribution in [-0.4, -0.2) is 24.0 Å². The van der Waals surface area contributed by atoms with E-state index in [2.05, 4.69) is 43.2 Å². The Morgan fingerprint density at radius 2 is 1.83 bits per heavy atom. The fourth-order valence-electron chi connectivity index (χ4n) is 2.14. The number of nitrogens with zero attached hydrogens (tertiary/aromatic N) is 1. The van der Waals surface area contributed by atoms with Gasteiger partial charge in [-0.15, -0.1) is 0 Å². The lowest BCUT2D eigenvalue weighted by atomic mass is 9.87. The summed E-state index contributed by atoms with van der Waals surface area (Å²) in [5.41, 5.74) is 2.66. The lowest BCUT2D eigenvalue weighted by Crippen LogP contribution is -2.28. The number of hydrogen-bond donors (Lipinski definition) is 1. The molecule has 0 saturated heterocycles. The molecule has 0 unspecified atom stereocenters. The highest BCUT2D eigenvalue weighted by Gasteiger charge is 2.13. The van der Waals surface area contributed by atoms with Crippen molar-refractivity contribution in [2.45, 2.75) is 33.1 Å². The van der Waals surface area contributed by atoms with Crippen molar-refractivity contribution in [3.63, 3.8) is 0 Å². The highest BCUT2D eigenvalue weighted by atomic mass is 16.5. The van der Waals surface area contributed by atoms with Gasteiger partial charge in [0.1, 0.15) is 18.1 Å². The van der Waals surface area contributed by atoms with E-state index >= 15 is 0 Å². The lowest BCUT2D eigenvalue weighted by molar-refractivity contribution is 0.0942. The minimum atomic E-state index is -0.180. The van der Waals surface area contributed by atoms with Crippen molar-refractivity contribution in [1.29, 1.82) is 0 Å². The third-order valence-electron chi connectivity index (χ3n) is 3.50. The van der Waals surface area contributed by atoms with Crippen LogP contribution >= 0.6 is 0 Å². The van der Waals surface area contributed by atoms with Crippen molar-refractivity contribution in [2.24, 2.45) is 0 Å². The maximum absolute atomic E-state index is 11.9. The van der Waals surface area contributed by atoms with Gasteiger partial charge in [-0.2, -0.15) is 0 Å². The smallest absolute Gasteiger partial charge is 0.270 e. The fraction of sp³-hybridized carbons (Fsp3) is 0.368. The van der Waals surface area contributed by atoms with Gasteiger partial charge in [-0.05, 0) is 42.2 Å². The molecular weight excluding hydrogens is 288 g/mol. The van der Waals surface area contributed by atoms with Crippen molar-refractivity contribution in [1.82, 2.24) is 10.3 Å². The van der Waals surface area contributed by atoms with Crippen molar-refractivity contribution < 1.29 is 9.53 Å².